The molecule has 0 aliphatic rings. The van der Waals surface area contributed by atoms with Crippen LogP contribution in [0, 0.1) is 47.6 Å². The minimum Gasteiger partial charge on any atom is -0.274 e. The molecule has 2 aromatic carbocycles. The Morgan fingerprint density at radius 3 is 0.908 bits per heavy atom. The van der Waals surface area contributed by atoms with Crippen molar-refractivity contribution in [3.8, 4) is 12.1 Å². The molecule has 4 heterocycles. The molecule has 0 radical (unpaired) electrons. The summed E-state index contributed by atoms with van der Waals surface area (Å²) >= 11 is 4.52. The van der Waals surface area contributed by atoms with Gasteiger partial charge in [0.25, 0.3) is 22.2 Å². The van der Waals surface area contributed by atoms with Crippen LogP contribution < -0.4 is 29.9 Å². The fourth-order valence-electron chi connectivity index (χ4n) is 11.5. The van der Waals surface area contributed by atoms with Gasteiger partial charge in [0.2, 0.25) is 0 Å². The van der Waals surface area contributed by atoms with Crippen LogP contribution in [-0.4, -0.2) is 9.13 Å². The van der Waals surface area contributed by atoms with Gasteiger partial charge in [-0.25, -0.2) is 0 Å². The molecule has 10 nitrogen and oxygen atoms in total. The summed E-state index contributed by atoms with van der Waals surface area (Å²) in [6.07, 6.45) is 35.8. The molecule has 6 aromatic rings. The van der Waals surface area contributed by atoms with Gasteiger partial charge < -0.3 is 0 Å². The molecule has 76 heavy (non-hydrogen) atoms. The van der Waals surface area contributed by atoms with E-state index in [-0.39, 0.29) is 68.6 Å². The lowest BCUT2D eigenvalue weighted by Gasteiger charge is -2.21. The largest absolute Gasteiger partial charge is 0.546 e. The van der Waals surface area contributed by atoms with Gasteiger partial charge in [-0.1, -0.05) is 207 Å². The number of aromatic nitrogens is 2. The monoisotopic (exact) mass is 1100 g/mol. The molecule has 0 spiro atoms. The topological polar surface area (TPSA) is 134 Å². The molecule has 0 aliphatic carbocycles. The number of benzene rings is 2. The molecule has 0 amide bonds. The molecule has 0 fully saturated rings. The van der Waals surface area contributed by atoms with Crippen LogP contribution in [0.25, 0.3) is 72.2 Å². The van der Waals surface area contributed by atoms with Crippen molar-refractivity contribution in [3.05, 3.63) is 71.9 Å². The van der Waals surface area contributed by atoms with Gasteiger partial charge in [0.15, 0.2) is 9.42 Å². The molecule has 2 atom stereocenters. The van der Waals surface area contributed by atoms with Gasteiger partial charge >= 0.3 is 5.82 Å². The van der Waals surface area contributed by atoms with Gasteiger partial charge in [-0.05, 0) is 37.5 Å². The normalized spacial score (nSPS) is 12.5. The lowest BCUT2D eigenvalue weighted by molar-refractivity contribution is 0.350. The standard InChI is InChI=1S/C62H82N6O4S4/c1-7-11-15-19-23-25-29-33-37-43(35-31-27-21-17-13-9-3)41-67-57(69)48-46-47-49(53-52(48)73-61(74-53)45(39-63)40-64)58(70)68(42-44(36-32-28-22-18-14-10-4)38-34-30-26-24-20-16-12-8-2)60(72)51(47)55-54(50(46)59(67)71)75-62(76-55)56(65-5)66-6/h43-44H,7-38,41-42H2,1-4H3. The number of hydrogen-bond acceptors (Lipinski definition) is 10. The maximum absolute atomic E-state index is 15.6. The first-order chi connectivity index (χ1) is 37.1. The Kier molecular flexibility index (Phi) is 25.2. The van der Waals surface area contributed by atoms with Crippen LogP contribution >= 0.6 is 45.3 Å². The van der Waals surface area contributed by atoms with E-state index >= 15 is 19.2 Å². The summed E-state index contributed by atoms with van der Waals surface area (Å²) in [5.74, 6) is -0.0626. The van der Waals surface area contributed by atoms with Crippen LogP contribution in [0.4, 0.5) is 0 Å². The molecule has 0 bridgehead atoms. The molecule has 4 aromatic heterocycles. The van der Waals surface area contributed by atoms with Crippen molar-refractivity contribution in [3.63, 3.8) is 0 Å². The third-order valence-electron chi connectivity index (χ3n) is 15.8. The number of fused-ring (bicyclic) bond motifs is 6. The van der Waals surface area contributed by atoms with E-state index in [4.69, 9.17) is 13.1 Å². The van der Waals surface area contributed by atoms with E-state index in [9.17, 15) is 10.5 Å². The predicted octanol–water partition coefficient (Wildman–Crippen LogP) is 17.1. The zero-order valence-corrected chi connectivity index (χ0v) is 49.4. The summed E-state index contributed by atoms with van der Waals surface area (Å²) in [7, 11) is 0. The molecular weight excluding hydrogens is 1020 g/mol. The fourth-order valence-corrected chi connectivity index (χ4v) is 16.8. The van der Waals surface area contributed by atoms with E-state index in [1.165, 1.54) is 99.0 Å². The van der Waals surface area contributed by atoms with Crippen molar-refractivity contribution < 1.29 is 0 Å². The molecule has 0 saturated carbocycles. The third kappa shape index (κ3) is 14.9. The summed E-state index contributed by atoms with van der Waals surface area (Å²) in [6.45, 7) is 25.2. The number of unbranched alkanes of at least 4 members (excludes halogenated alkanes) is 24. The molecule has 0 N–H and O–H groups in total. The maximum atomic E-state index is 15.6. The number of nitriles is 2. The lowest BCUT2D eigenvalue weighted by atomic mass is 9.92. The first-order valence-corrected chi connectivity index (χ1v) is 32.6. The van der Waals surface area contributed by atoms with Gasteiger partial charge in [0.05, 0.1) is 40.3 Å². The van der Waals surface area contributed by atoms with Crippen molar-refractivity contribution in [2.75, 3.05) is 0 Å². The SMILES string of the molecule is [C-]#[N+]C([N+]#[C-])=c1sc2c(s1)c1c(=O)n(CC(CCCCCCCC)CCCCCCCCCC)c(=O)c3c4sc(=C(C#N)C#N)sc4c4c(=O)n(CC(CCCCCCCC)CCCCCCCCCC)c(=O)c2c4c31. The minimum absolute atomic E-state index is 0.0520. The van der Waals surface area contributed by atoms with E-state index in [1.54, 1.807) is 0 Å². The molecule has 6 rings (SSSR count). The number of pyridine rings is 2. The molecule has 408 valence electrons. The van der Waals surface area contributed by atoms with Crippen molar-refractivity contribution in [1.29, 1.82) is 10.5 Å². The molecule has 14 heteroatoms. The van der Waals surface area contributed by atoms with Gasteiger partial charge in [0.1, 0.15) is 29.1 Å². The van der Waals surface area contributed by atoms with Gasteiger partial charge in [-0.3, -0.25) is 28.3 Å². The third-order valence-corrected chi connectivity index (χ3v) is 21.0. The van der Waals surface area contributed by atoms with Crippen LogP contribution in [0.1, 0.15) is 233 Å². The highest BCUT2D eigenvalue weighted by atomic mass is 32.2. The van der Waals surface area contributed by atoms with E-state index in [1.807, 2.05) is 12.1 Å². The van der Waals surface area contributed by atoms with Gasteiger partial charge in [0, 0.05) is 23.9 Å². The second-order valence-electron chi connectivity index (χ2n) is 21.5. The van der Waals surface area contributed by atoms with Crippen molar-refractivity contribution in [1.82, 2.24) is 9.13 Å². The minimum atomic E-state index is -0.499. The van der Waals surface area contributed by atoms with E-state index in [0.717, 1.165) is 161 Å². The average Bonchev–Trinajstić information content (AvgIpc) is 4.21. The quantitative estimate of drug-likeness (QED) is 0.0218. The summed E-state index contributed by atoms with van der Waals surface area (Å²) in [5, 5.41) is 21.8. The second-order valence-corrected chi connectivity index (χ2v) is 26.1. The van der Waals surface area contributed by atoms with E-state index in [0.29, 0.717) is 26.5 Å². The summed E-state index contributed by atoms with van der Waals surface area (Å²) < 4.78 is 5.22. The molecule has 2 unspecified atom stereocenters. The van der Waals surface area contributed by atoms with E-state index < -0.39 is 22.2 Å². The van der Waals surface area contributed by atoms with Crippen molar-refractivity contribution in [2.24, 2.45) is 11.8 Å². The lowest BCUT2D eigenvalue weighted by Crippen LogP contribution is -2.38. The summed E-state index contributed by atoms with van der Waals surface area (Å²) in [4.78, 5) is 69.5. The predicted molar refractivity (Wildman–Crippen MR) is 326 cm³/mol. The Balaban J connectivity index is 1.59. The highest BCUT2D eigenvalue weighted by Gasteiger charge is 2.31. The van der Waals surface area contributed by atoms with E-state index in [2.05, 4.69) is 37.4 Å². The second kappa shape index (κ2) is 31.6. The fraction of sp³-hybridized carbons (Fsp3) is 0.645. The first kappa shape index (κ1) is 60.5. The van der Waals surface area contributed by atoms with Crippen molar-refractivity contribution >= 4 is 108 Å². The van der Waals surface area contributed by atoms with Crippen LogP contribution in [-0.2, 0) is 13.1 Å². The van der Waals surface area contributed by atoms with Crippen LogP contribution in [0.15, 0.2) is 19.2 Å². The highest BCUT2D eigenvalue weighted by molar-refractivity contribution is 7.38. The number of nitrogens with zero attached hydrogens (tertiary/aromatic N) is 6. The maximum Gasteiger partial charge on any atom is 0.546 e. The highest BCUT2D eigenvalue weighted by Crippen LogP contribution is 2.44. The Bertz CT molecular complexity index is 3020. The van der Waals surface area contributed by atoms with Gasteiger partial charge in [-0.15, -0.1) is 45.3 Å². The van der Waals surface area contributed by atoms with Crippen molar-refractivity contribution in [2.45, 2.75) is 246 Å². The Hall–Kier alpha value is -4.70. The van der Waals surface area contributed by atoms with Crippen LogP contribution in [0.3, 0.4) is 0 Å². The number of rotatable bonds is 36. The zero-order valence-electron chi connectivity index (χ0n) is 46.1. The van der Waals surface area contributed by atoms with Crippen LogP contribution in [0.2, 0.25) is 0 Å². The smallest absolute Gasteiger partial charge is 0.274 e. The summed E-state index contributed by atoms with van der Waals surface area (Å²) in [5.41, 5.74) is -2.12. The molecule has 0 saturated heterocycles. The average molecular weight is 1100 g/mol. The molecular formula is C62H82N6O4S4. The summed E-state index contributed by atoms with van der Waals surface area (Å²) in [6, 6.07) is 4.07. The molecule has 0 aliphatic heterocycles. The zero-order chi connectivity index (χ0) is 54.4. The van der Waals surface area contributed by atoms with Crippen LogP contribution in [0.5, 0.6) is 0 Å². The Morgan fingerprint density at radius 1 is 0.408 bits per heavy atom. The first-order valence-electron chi connectivity index (χ1n) is 29.3. The Labute approximate surface area is 466 Å². The van der Waals surface area contributed by atoms with Gasteiger partial charge in [-0.2, -0.15) is 20.2 Å². The number of hydrogen-bond donors (Lipinski definition) is 0. The Morgan fingerprint density at radius 2 is 0.658 bits per heavy atom.